The molecule has 24 heavy (non-hydrogen) atoms. The number of benzene rings is 2. The van der Waals surface area contributed by atoms with E-state index in [9.17, 15) is 9.59 Å². The van der Waals surface area contributed by atoms with Crippen LogP contribution in [0.2, 0.25) is 5.02 Å². The van der Waals surface area contributed by atoms with Crippen LogP contribution >= 0.6 is 27.5 Å². The van der Waals surface area contributed by atoms with E-state index in [1.54, 1.807) is 36.4 Å². The zero-order valence-electron chi connectivity index (χ0n) is 13.0. The quantitative estimate of drug-likeness (QED) is 0.744. The minimum absolute atomic E-state index is 0.270. The lowest BCUT2D eigenvalue weighted by molar-refractivity contribution is -0.123. The number of esters is 1. The van der Waals surface area contributed by atoms with Gasteiger partial charge in [-0.05, 0) is 53.2 Å². The Morgan fingerprint density at radius 3 is 2.58 bits per heavy atom. The molecule has 2 aromatic carbocycles. The molecule has 0 unspecified atom stereocenters. The van der Waals surface area contributed by atoms with Crippen molar-refractivity contribution in [1.29, 1.82) is 0 Å². The van der Waals surface area contributed by atoms with Gasteiger partial charge in [-0.2, -0.15) is 0 Å². The standard InChI is InChI=1S/C17H15BrClNO4/c1-10(16(21)20-15-6-4-3-5-14(15)19)24-17(22)12-9-11(23-2)7-8-13(12)18/h3-10H,1-2H3,(H,20,21)/t10-/m1/s1. The first-order valence-corrected chi connectivity index (χ1v) is 8.19. The lowest BCUT2D eigenvalue weighted by Crippen LogP contribution is -2.30. The minimum atomic E-state index is -0.994. The number of hydrogen-bond donors (Lipinski definition) is 1. The lowest BCUT2D eigenvalue weighted by atomic mass is 10.2. The summed E-state index contributed by atoms with van der Waals surface area (Å²) in [6.07, 6.45) is -0.994. The molecule has 0 radical (unpaired) electrons. The van der Waals surface area contributed by atoms with Crippen molar-refractivity contribution < 1.29 is 19.1 Å². The number of carbonyl (C=O) groups excluding carboxylic acids is 2. The molecule has 1 N–H and O–H groups in total. The van der Waals surface area contributed by atoms with Gasteiger partial charge in [0.25, 0.3) is 5.91 Å². The van der Waals surface area contributed by atoms with Gasteiger partial charge in [0.2, 0.25) is 0 Å². The molecular formula is C17H15BrClNO4. The number of carbonyl (C=O) groups is 2. The fourth-order valence-electron chi connectivity index (χ4n) is 1.86. The molecule has 0 bridgehead atoms. The molecule has 0 aromatic heterocycles. The van der Waals surface area contributed by atoms with Crippen LogP contribution in [0.3, 0.4) is 0 Å². The van der Waals surface area contributed by atoms with Gasteiger partial charge in [-0.1, -0.05) is 23.7 Å². The number of amides is 1. The maximum atomic E-state index is 12.3. The normalized spacial score (nSPS) is 11.5. The van der Waals surface area contributed by atoms with Crippen LogP contribution < -0.4 is 10.1 Å². The van der Waals surface area contributed by atoms with Crippen molar-refractivity contribution in [1.82, 2.24) is 0 Å². The van der Waals surface area contributed by atoms with E-state index < -0.39 is 18.0 Å². The Labute approximate surface area is 153 Å². The third-order valence-corrected chi connectivity index (χ3v) is 4.20. The zero-order chi connectivity index (χ0) is 17.7. The molecule has 0 fully saturated rings. The van der Waals surface area contributed by atoms with E-state index in [2.05, 4.69) is 21.2 Å². The van der Waals surface area contributed by atoms with Crippen molar-refractivity contribution in [2.75, 3.05) is 12.4 Å². The fraction of sp³-hybridized carbons (Fsp3) is 0.176. The number of ether oxygens (including phenoxy) is 2. The maximum Gasteiger partial charge on any atom is 0.340 e. The number of halogens is 2. The van der Waals surface area contributed by atoms with Crippen molar-refractivity contribution in [3.05, 3.63) is 57.5 Å². The topological polar surface area (TPSA) is 64.6 Å². The summed E-state index contributed by atoms with van der Waals surface area (Å²) in [5, 5.41) is 3.02. The molecule has 5 nitrogen and oxygen atoms in total. The Morgan fingerprint density at radius 1 is 1.21 bits per heavy atom. The van der Waals surface area contributed by atoms with Crippen LogP contribution in [0.15, 0.2) is 46.9 Å². The summed E-state index contributed by atoms with van der Waals surface area (Å²) in [6, 6.07) is 11.7. The SMILES string of the molecule is COc1ccc(Br)c(C(=O)O[C@H](C)C(=O)Nc2ccccc2Cl)c1. The highest BCUT2D eigenvalue weighted by Crippen LogP contribution is 2.24. The Balaban J connectivity index is 2.06. The molecule has 0 aliphatic heterocycles. The van der Waals surface area contributed by atoms with Crippen molar-refractivity contribution in [3.63, 3.8) is 0 Å². The molecule has 126 valence electrons. The summed E-state index contributed by atoms with van der Waals surface area (Å²) in [4.78, 5) is 24.4. The molecule has 1 amide bonds. The van der Waals surface area contributed by atoms with Crippen molar-refractivity contribution in [3.8, 4) is 5.75 Å². The number of hydrogen-bond acceptors (Lipinski definition) is 4. The van der Waals surface area contributed by atoms with Crippen LogP contribution in [-0.2, 0) is 9.53 Å². The zero-order valence-corrected chi connectivity index (χ0v) is 15.3. The van der Waals surface area contributed by atoms with Crippen molar-refractivity contribution >= 4 is 45.1 Å². The van der Waals surface area contributed by atoms with Gasteiger partial charge in [0.1, 0.15) is 5.75 Å². The summed E-state index contributed by atoms with van der Waals surface area (Å²) in [6.45, 7) is 1.48. The molecule has 0 saturated heterocycles. The van der Waals surface area contributed by atoms with Gasteiger partial charge >= 0.3 is 5.97 Å². The molecule has 0 aliphatic carbocycles. The summed E-state index contributed by atoms with van der Waals surface area (Å²) in [5.41, 5.74) is 0.723. The number of para-hydroxylation sites is 1. The first-order valence-electron chi connectivity index (χ1n) is 7.02. The van der Waals surface area contributed by atoms with Crippen LogP contribution in [0, 0.1) is 0 Å². The van der Waals surface area contributed by atoms with E-state index in [1.165, 1.54) is 20.1 Å². The minimum Gasteiger partial charge on any atom is -0.497 e. The predicted octanol–water partition coefficient (Wildman–Crippen LogP) is 4.30. The van der Waals surface area contributed by atoms with Gasteiger partial charge in [0.15, 0.2) is 6.10 Å². The molecule has 0 aliphatic rings. The largest absolute Gasteiger partial charge is 0.497 e. The second-order valence-corrected chi connectivity index (χ2v) is 6.12. The molecular weight excluding hydrogens is 398 g/mol. The smallest absolute Gasteiger partial charge is 0.340 e. The molecule has 2 rings (SSSR count). The van der Waals surface area contributed by atoms with Crippen LogP contribution in [0.1, 0.15) is 17.3 Å². The molecule has 7 heteroatoms. The van der Waals surface area contributed by atoms with Gasteiger partial charge in [-0.25, -0.2) is 4.79 Å². The summed E-state index contributed by atoms with van der Waals surface area (Å²) in [7, 11) is 1.50. The predicted molar refractivity (Wildman–Crippen MR) is 95.7 cm³/mol. The second kappa shape index (κ2) is 8.17. The van der Waals surface area contributed by atoms with E-state index in [-0.39, 0.29) is 5.56 Å². The highest BCUT2D eigenvalue weighted by atomic mass is 79.9. The van der Waals surface area contributed by atoms with Crippen LogP contribution in [0.4, 0.5) is 5.69 Å². The third kappa shape index (κ3) is 4.49. The lowest BCUT2D eigenvalue weighted by Gasteiger charge is -2.15. The van der Waals surface area contributed by atoms with Gasteiger partial charge in [-0.15, -0.1) is 0 Å². The number of nitrogens with one attached hydrogen (secondary N) is 1. The molecule has 2 aromatic rings. The molecule has 0 saturated carbocycles. The second-order valence-electron chi connectivity index (χ2n) is 4.86. The van der Waals surface area contributed by atoms with Gasteiger partial charge in [0.05, 0.1) is 23.4 Å². The van der Waals surface area contributed by atoms with Crippen LogP contribution in [0.5, 0.6) is 5.75 Å². The average molecular weight is 413 g/mol. The van der Waals surface area contributed by atoms with Crippen molar-refractivity contribution in [2.24, 2.45) is 0 Å². The van der Waals surface area contributed by atoms with E-state index in [0.29, 0.717) is 20.9 Å². The third-order valence-electron chi connectivity index (χ3n) is 3.18. The van der Waals surface area contributed by atoms with E-state index in [1.807, 2.05) is 0 Å². The van der Waals surface area contributed by atoms with Crippen molar-refractivity contribution in [2.45, 2.75) is 13.0 Å². The van der Waals surface area contributed by atoms with Gasteiger partial charge < -0.3 is 14.8 Å². The van der Waals surface area contributed by atoms with E-state index in [4.69, 9.17) is 21.1 Å². The monoisotopic (exact) mass is 411 g/mol. The summed E-state index contributed by atoms with van der Waals surface area (Å²) < 4.78 is 10.8. The Hall–Kier alpha value is -2.05. The first-order chi connectivity index (χ1) is 11.4. The van der Waals surface area contributed by atoms with E-state index >= 15 is 0 Å². The average Bonchev–Trinajstić information content (AvgIpc) is 2.57. The number of anilines is 1. The molecule has 1 atom stereocenters. The van der Waals surface area contributed by atoms with Gasteiger partial charge in [-0.3, -0.25) is 4.79 Å². The highest BCUT2D eigenvalue weighted by molar-refractivity contribution is 9.10. The van der Waals surface area contributed by atoms with Crippen LogP contribution in [-0.4, -0.2) is 25.1 Å². The number of methoxy groups -OCH3 is 1. The Kier molecular flexibility index (Phi) is 6.23. The van der Waals surface area contributed by atoms with Crippen LogP contribution in [0.25, 0.3) is 0 Å². The fourth-order valence-corrected chi connectivity index (χ4v) is 2.45. The number of rotatable bonds is 5. The van der Waals surface area contributed by atoms with E-state index in [0.717, 1.165) is 0 Å². The Bertz CT molecular complexity index is 766. The first kappa shape index (κ1) is 18.3. The molecule has 0 spiro atoms. The van der Waals surface area contributed by atoms with Gasteiger partial charge in [0, 0.05) is 4.47 Å². The maximum absolute atomic E-state index is 12.3. The summed E-state index contributed by atoms with van der Waals surface area (Å²) in [5.74, 6) is -0.601. The Morgan fingerprint density at radius 2 is 1.92 bits per heavy atom. The summed E-state index contributed by atoms with van der Waals surface area (Å²) >= 11 is 9.26. The highest BCUT2D eigenvalue weighted by Gasteiger charge is 2.21. The molecule has 0 heterocycles.